The van der Waals surface area contributed by atoms with E-state index in [0.717, 1.165) is 16.1 Å². The minimum absolute atomic E-state index is 0.884. The van der Waals surface area contributed by atoms with Gasteiger partial charge in [-0.25, -0.2) is 0 Å². The molecule has 0 aromatic rings. The highest BCUT2D eigenvalue weighted by atomic mass is 32.2. The Morgan fingerprint density at radius 3 is 1.60 bits per heavy atom. The zero-order valence-corrected chi connectivity index (χ0v) is 7.97. The van der Waals surface area contributed by atoms with Gasteiger partial charge in [0.2, 0.25) is 0 Å². The molecule has 3 rings (SSSR count). The molecule has 0 aromatic heterocycles. The second-order valence-corrected chi connectivity index (χ2v) is 6.44. The summed E-state index contributed by atoms with van der Waals surface area (Å²) in [5.74, 6) is 4.14. The lowest BCUT2D eigenvalue weighted by molar-refractivity contribution is 0.311. The Morgan fingerprint density at radius 2 is 1.20 bits per heavy atom. The first kappa shape index (κ1) is 6.52. The molecule has 3 atom stereocenters. The van der Waals surface area contributed by atoms with Crippen LogP contribution in [0, 0.1) is 0 Å². The number of thioether (sulfide) groups is 3. The van der Waals surface area contributed by atoms with Gasteiger partial charge in [-0.2, -0.15) is 0 Å². The molecule has 0 aliphatic carbocycles. The standard InChI is InChI=1S/C6H9NS3/c1-4-7-5(8-1)2-10-6(7)3-9-4/h4-6H,1-3H2/t4-,5-,6+/m1/s1. The average Bonchev–Trinajstić information content (AvgIpc) is 2.56. The topological polar surface area (TPSA) is 3.24 Å². The van der Waals surface area contributed by atoms with Crippen LogP contribution in [0.5, 0.6) is 0 Å². The monoisotopic (exact) mass is 191 g/mol. The molecule has 0 N–H and O–H groups in total. The second-order valence-electron chi connectivity index (χ2n) is 2.81. The summed E-state index contributed by atoms with van der Waals surface area (Å²) in [5.41, 5.74) is 0. The lowest BCUT2D eigenvalue weighted by Crippen LogP contribution is -2.30. The van der Waals surface area contributed by atoms with Crippen molar-refractivity contribution in [3.63, 3.8) is 0 Å². The summed E-state index contributed by atoms with van der Waals surface area (Å²) in [4.78, 5) is 2.72. The van der Waals surface area contributed by atoms with E-state index < -0.39 is 0 Å². The third kappa shape index (κ3) is 0.737. The fraction of sp³-hybridized carbons (Fsp3) is 1.00. The number of hydrogen-bond donors (Lipinski definition) is 0. The van der Waals surface area contributed by atoms with E-state index in [-0.39, 0.29) is 0 Å². The summed E-state index contributed by atoms with van der Waals surface area (Å²) in [7, 11) is 0. The molecule has 3 heterocycles. The quantitative estimate of drug-likeness (QED) is 0.570. The van der Waals surface area contributed by atoms with Crippen molar-refractivity contribution >= 4 is 35.3 Å². The van der Waals surface area contributed by atoms with Crippen LogP contribution in [0.1, 0.15) is 0 Å². The molecule has 0 saturated carbocycles. The Bertz CT molecular complexity index is 123. The number of rotatable bonds is 0. The van der Waals surface area contributed by atoms with Gasteiger partial charge in [0, 0.05) is 17.3 Å². The Balaban J connectivity index is 1.94. The van der Waals surface area contributed by atoms with E-state index >= 15 is 0 Å². The Kier molecular flexibility index (Phi) is 1.47. The first-order valence-electron chi connectivity index (χ1n) is 3.57. The van der Waals surface area contributed by atoms with Crippen LogP contribution < -0.4 is 0 Å². The predicted octanol–water partition coefficient (Wildman–Crippen LogP) is 1.51. The van der Waals surface area contributed by atoms with Gasteiger partial charge in [0.1, 0.15) is 0 Å². The maximum absolute atomic E-state index is 2.72. The van der Waals surface area contributed by atoms with E-state index in [1.807, 2.05) is 0 Å². The fourth-order valence-electron chi connectivity index (χ4n) is 1.80. The fourth-order valence-corrected chi connectivity index (χ4v) is 6.96. The number of hydrogen-bond acceptors (Lipinski definition) is 4. The molecule has 3 saturated heterocycles. The minimum Gasteiger partial charge on any atom is -0.265 e. The highest BCUT2D eigenvalue weighted by Gasteiger charge is 2.48. The average molecular weight is 191 g/mol. The summed E-state index contributed by atoms with van der Waals surface area (Å²) in [6.45, 7) is 0. The molecule has 0 amide bonds. The Hall–Kier alpha value is 1.01. The van der Waals surface area contributed by atoms with Crippen molar-refractivity contribution in [1.82, 2.24) is 4.90 Å². The van der Waals surface area contributed by atoms with Gasteiger partial charge in [-0.05, 0) is 0 Å². The summed E-state index contributed by atoms with van der Waals surface area (Å²) in [6, 6.07) is 0. The van der Waals surface area contributed by atoms with Crippen molar-refractivity contribution < 1.29 is 0 Å². The van der Waals surface area contributed by atoms with Crippen molar-refractivity contribution in [2.45, 2.75) is 16.1 Å². The molecule has 10 heavy (non-hydrogen) atoms. The van der Waals surface area contributed by atoms with Crippen molar-refractivity contribution in [3.8, 4) is 0 Å². The molecule has 56 valence electrons. The molecule has 4 heteroatoms. The second kappa shape index (κ2) is 2.25. The van der Waals surface area contributed by atoms with Gasteiger partial charge in [-0.15, -0.1) is 35.3 Å². The minimum atomic E-state index is 0.884. The van der Waals surface area contributed by atoms with Crippen molar-refractivity contribution in [1.29, 1.82) is 0 Å². The maximum atomic E-state index is 2.72. The van der Waals surface area contributed by atoms with Crippen LogP contribution in [0.15, 0.2) is 0 Å². The molecular weight excluding hydrogens is 182 g/mol. The van der Waals surface area contributed by atoms with Gasteiger partial charge in [0.15, 0.2) is 0 Å². The normalized spacial score (nSPS) is 52.2. The molecule has 0 bridgehead atoms. The van der Waals surface area contributed by atoms with Crippen LogP contribution in [0.25, 0.3) is 0 Å². The van der Waals surface area contributed by atoms with Crippen LogP contribution >= 0.6 is 35.3 Å². The third-order valence-corrected chi connectivity index (χ3v) is 6.83. The molecule has 3 aliphatic rings. The Morgan fingerprint density at radius 1 is 0.800 bits per heavy atom. The summed E-state index contributed by atoms with van der Waals surface area (Å²) in [5, 5.41) is 2.65. The van der Waals surface area contributed by atoms with Gasteiger partial charge < -0.3 is 0 Å². The van der Waals surface area contributed by atoms with Gasteiger partial charge in [-0.3, -0.25) is 4.90 Å². The van der Waals surface area contributed by atoms with Crippen LogP contribution in [0.2, 0.25) is 0 Å². The molecule has 0 spiro atoms. The maximum Gasteiger partial charge on any atom is 0.0670 e. The van der Waals surface area contributed by atoms with E-state index in [1.165, 1.54) is 17.3 Å². The zero-order chi connectivity index (χ0) is 6.55. The van der Waals surface area contributed by atoms with Crippen molar-refractivity contribution in [2.24, 2.45) is 0 Å². The van der Waals surface area contributed by atoms with Gasteiger partial charge in [0.25, 0.3) is 0 Å². The smallest absolute Gasteiger partial charge is 0.0670 e. The van der Waals surface area contributed by atoms with E-state index in [1.54, 1.807) is 0 Å². The molecule has 0 unspecified atom stereocenters. The highest BCUT2D eigenvalue weighted by molar-refractivity contribution is 8.08. The van der Waals surface area contributed by atoms with E-state index in [9.17, 15) is 0 Å². The predicted molar refractivity (Wildman–Crippen MR) is 50.6 cm³/mol. The molecule has 3 aliphatic heterocycles. The van der Waals surface area contributed by atoms with E-state index in [0.29, 0.717) is 0 Å². The third-order valence-electron chi connectivity index (χ3n) is 2.29. The molecule has 0 radical (unpaired) electrons. The summed E-state index contributed by atoms with van der Waals surface area (Å²) < 4.78 is 0. The van der Waals surface area contributed by atoms with E-state index in [4.69, 9.17) is 0 Å². The first-order chi connectivity index (χ1) is 4.95. The van der Waals surface area contributed by atoms with Gasteiger partial charge in [0.05, 0.1) is 16.1 Å². The Labute approximate surface area is 73.7 Å². The van der Waals surface area contributed by atoms with Crippen LogP contribution in [-0.4, -0.2) is 38.3 Å². The zero-order valence-electron chi connectivity index (χ0n) is 5.53. The molecule has 0 aromatic carbocycles. The van der Waals surface area contributed by atoms with Crippen LogP contribution in [0.3, 0.4) is 0 Å². The van der Waals surface area contributed by atoms with Gasteiger partial charge in [-0.1, -0.05) is 0 Å². The van der Waals surface area contributed by atoms with Crippen molar-refractivity contribution in [3.05, 3.63) is 0 Å². The SMILES string of the molecule is C1S[C@@H]2CS[C@@H]3CS[C@@H]1N32. The lowest BCUT2D eigenvalue weighted by Gasteiger charge is -2.16. The largest absolute Gasteiger partial charge is 0.265 e. The lowest BCUT2D eigenvalue weighted by atomic mass is 10.5. The highest BCUT2D eigenvalue weighted by Crippen LogP contribution is 2.50. The summed E-state index contributed by atoms with van der Waals surface area (Å²) >= 11 is 6.48. The molecular formula is C6H9NS3. The molecule has 3 fully saturated rings. The van der Waals surface area contributed by atoms with Gasteiger partial charge >= 0.3 is 0 Å². The first-order valence-corrected chi connectivity index (χ1v) is 6.72. The van der Waals surface area contributed by atoms with Crippen LogP contribution in [0.4, 0.5) is 0 Å². The van der Waals surface area contributed by atoms with Crippen LogP contribution in [-0.2, 0) is 0 Å². The number of nitrogens with zero attached hydrogens (tertiary/aromatic N) is 1. The van der Waals surface area contributed by atoms with Crippen molar-refractivity contribution in [2.75, 3.05) is 17.3 Å². The summed E-state index contributed by atoms with van der Waals surface area (Å²) in [6.07, 6.45) is 0. The molecule has 1 nitrogen and oxygen atoms in total. The van der Waals surface area contributed by atoms with E-state index in [2.05, 4.69) is 40.2 Å².